The maximum atomic E-state index is 13.3. The number of amides is 1. The molecule has 0 saturated heterocycles. The Hall–Kier alpha value is -2.96. The number of aliphatic hydroxyl groups excluding tert-OH is 1. The molecule has 34 heavy (non-hydrogen) atoms. The Morgan fingerprint density at radius 2 is 1.56 bits per heavy atom. The highest BCUT2D eigenvalue weighted by molar-refractivity contribution is 7.12. The van der Waals surface area contributed by atoms with Crippen molar-refractivity contribution in [3.63, 3.8) is 0 Å². The van der Waals surface area contributed by atoms with Crippen molar-refractivity contribution in [3.05, 3.63) is 81.0 Å². The molecule has 1 heterocycles. The Morgan fingerprint density at radius 3 is 2.18 bits per heavy atom. The van der Waals surface area contributed by atoms with Crippen LogP contribution in [0.2, 0.25) is 0 Å². The van der Waals surface area contributed by atoms with Crippen LogP contribution in [0.15, 0.2) is 54.6 Å². The van der Waals surface area contributed by atoms with Crippen LogP contribution in [0.25, 0.3) is 11.1 Å². The van der Waals surface area contributed by atoms with E-state index in [2.05, 4.69) is 17.4 Å². The highest BCUT2D eigenvalue weighted by Gasteiger charge is 2.55. The Bertz CT molecular complexity index is 1220. The summed E-state index contributed by atoms with van der Waals surface area (Å²) in [5.74, 6) is -1.09. The lowest BCUT2D eigenvalue weighted by Crippen LogP contribution is -2.57. The molecule has 1 unspecified atom stereocenters. The first-order chi connectivity index (χ1) is 16.3. The van der Waals surface area contributed by atoms with Gasteiger partial charge in [-0.15, -0.1) is 11.3 Å². The van der Waals surface area contributed by atoms with Gasteiger partial charge in [-0.1, -0.05) is 54.6 Å². The molecule has 5 rings (SSSR count). The Labute approximate surface area is 203 Å². The molecule has 2 aliphatic rings. The van der Waals surface area contributed by atoms with Gasteiger partial charge in [0.2, 0.25) is 0 Å². The lowest BCUT2D eigenvalue weighted by molar-refractivity contribution is -0.155. The molecule has 6 heteroatoms. The summed E-state index contributed by atoms with van der Waals surface area (Å²) in [7, 11) is 0. The molecule has 3 aromatic rings. The average Bonchev–Trinajstić information content (AvgIpc) is 3.08. The van der Waals surface area contributed by atoms with Crippen LogP contribution in [0.3, 0.4) is 0 Å². The van der Waals surface area contributed by atoms with E-state index in [4.69, 9.17) is 5.11 Å². The number of aliphatic carboxylic acids is 1. The smallest absolute Gasteiger partial charge is 0.306 e. The number of carboxylic acid groups (broad SMARTS) is 1. The number of nitrogens with one attached hydrogen (secondary N) is 1. The molecule has 176 valence electrons. The van der Waals surface area contributed by atoms with Gasteiger partial charge in [0.1, 0.15) is 6.10 Å². The number of carbonyl (C=O) groups excluding carboxylic acids is 1. The molecule has 2 aromatic carbocycles. The molecule has 1 aromatic heterocycles. The molecule has 2 aliphatic carbocycles. The van der Waals surface area contributed by atoms with E-state index in [-0.39, 0.29) is 23.3 Å². The molecule has 1 spiro atoms. The number of aryl methyl sites for hydroxylation is 2. The highest BCUT2D eigenvalue weighted by atomic mass is 32.1. The van der Waals surface area contributed by atoms with Gasteiger partial charge < -0.3 is 15.5 Å². The Morgan fingerprint density at radius 1 is 0.941 bits per heavy atom. The molecule has 0 aliphatic heterocycles. The third-order valence-corrected chi connectivity index (χ3v) is 8.58. The third kappa shape index (κ3) is 4.05. The van der Waals surface area contributed by atoms with Gasteiger partial charge in [-0.05, 0) is 61.6 Å². The molecular formula is C28H29NO4S. The van der Waals surface area contributed by atoms with Crippen LogP contribution < -0.4 is 5.32 Å². The van der Waals surface area contributed by atoms with E-state index in [0.29, 0.717) is 24.0 Å². The zero-order valence-electron chi connectivity index (χ0n) is 19.4. The molecule has 2 fully saturated rings. The number of carboxylic acids is 1. The Balaban J connectivity index is 1.30. The predicted octanol–water partition coefficient (Wildman–Crippen LogP) is 5.49. The quantitative estimate of drug-likeness (QED) is 0.440. The topological polar surface area (TPSA) is 86.6 Å². The summed E-state index contributed by atoms with van der Waals surface area (Å²) in [6, 6.07) is 18.0. The molecule has 1 atom stereocenters. The van der Waals surface area contributed by atoms with Crippen molar-refractivity contribution in [3.8, 4) is 11.1 Å². The van der Waals surface area contributed by atoms with Crippen molar-refractivity contribution in [1.82, 2.24) is 5.32 Å². The summed E-state index contributed by atoms with van der Waals surface area (Å²) in [5, 5.41) is 23.5. The van der Waals surface area contributed by atoms with E-state index in [1.165, 1.54) is 11.3 Å². The maximum Gasteiger partial charge on any atom is 0.306 e. The van der Waals surface area contributed by atoms with Gasteiger partial charge in [0.25, 0.3) is 5.91 Å². The van der Waals surface area contributed by atoms with Crippen molar-refractivity contribution in [1.29, 1.82) is 0 Å². The minimum Gasteiger partial charge on any atom is -0.481 e. The van der Waals surface area contributed by atoms with E-state index >= 15 is 0 Å². The largest absolute Gasteiger partial charge is 0.481 e. The van der Waals surface area contributed by atoms with Gasteiger partial charge >= 0.3 is 5.97 Å². The van der Waals surface area contributed by atoms with Crippen molar-refractivity contribution in [2.45, 2.75) is 51.7 Å². The summed E-state index contributed by atoms with van der Waals surface area (Å²) in [6.45, 7) is 3.87. The summed E-state index contributed by atoms with van der Waals surface area (Å²) in [4.78, 5) is 26.2. The predicted molar refractivity (Wildman–Crippen MR) is 133 cm³/mol. The van der Waals surface area contributed by atoms with Crippen LogP contribution in [0.5, 0.6) is 0 Å². The first-order valence-electron chi connectivity index (χ1n) is 11.7. The van der Waals surface area contributed by atoms with Gasteiger partial charge in [-0.2, -0.15) is 0 Å². The van der Waals surface area contributed by atoms with E-state index in [9.17, 15) is 14.7 Å². The van der Waals surface area contributed by atoms with Crippen molar-refractivity contribution >= 4 is 23.2 Å². The van der Waals surface area contributed by atoms with E-state index in [1.54, 1.807) is 0 Å². The summed E-state index contributed by atoms with van der Waals surface area (Å²) in [6.07, 6.45) is 2.22. The second-order valence-corrected chi connectivity index (χ2v) is 11.3. The second kappa shape index (κ2) is 8.67. The van der Waals surface area contributed by atoms with Gasteiger partial charge in [-0.25, -0.2) is 0 Å². The van der Waals surface area contributed by atoms with E-state index in [1.807, 2.05) is 56.3 Å². The maximum absolute atomic E-state index is 13.3. The molecule has 3 N–H and O–H groups in total. The summed E-state index contributed by atoms with van der Waals surface area (Å²) >= 11 is 1.53. The van der Waals surface area contributed by atoms with Crippen molar-refractivity contribution in [2.75, 3.05) is 0 Å². The number of aliphatic hydroxyl groups is 1. The number of benzene rings is 2. The van der Waals surface area contributed by atoms with Crippen LogP contribution in [0.1, 0.15) is 63.0 Å². The lowest BCUT2D eigenvalue weighted by Gasteiger charge is -2.56. The highest BCUT2D eigenvalue weighted by Crippen LogP contribution is 2.58. The van der Waals surface area contributed by atoms with Gasteiger partial charge in [-0.3, -0.25) is 9.59 Å². The standard InChI is InChI=1S/C28H29NO4S/c1-16-23(25(30)20-10-8-19(9-11-20)18-6-4-3-5-7-18)24(17(2)34-16)26(31)29-22-14-28(15-22)12-21(13-28)27(32)33/h3-11,21-22,25,30H,12-15H2,1-2H3,(H,29,31)(H,32,33). The first-order valence-corrected chi connectivity index (χ1v) is 12.5. The monoisotopic (exact) mass is 475 g/mol. The van der Waals surface area contributed by atoms with Crippen LogP contribution >= 0.6 is 11.3 Å². The van der Waals surface area contributed by atoms with Crippen LogP contribution in [-0.4, -0.2) is 28.1 Å². The Kier molecular flexibility index (Phi) is 5.82. The first kappa shape index (κ1) is 22.8. The van der Waals surface area contributed by atoms with E-state index < -0.39 is 12.1 Å². The number of rotatable bonds is 6. The SMILES string of the molecule is Cc1sc(C)c(C(O)c2ccc(-c3ccccc3)cc2)c1C(=O)NC1CC2(C1)CC(C(=O)O)C2. The summed E-state index contributed by atoms with van der Waals surface area (Å²) < 4.78 is 0. The molecular weight excluding hydrogens is 446 g/mol. The molecule has 2 saturated carbocycles. The van der Waals surface area contributed by atoms with Crippen LogP contribution in [0.4, 0.5) is 0 Å². The van der Waals surface area contributed by atoms with Crippen molar-refractivity contribution in [2.24, 2.45) is 11.3 Å². The zero-order chi connectivity index (χ0) is 24.0. The summed E-state index contributed by atoms with van der Waals surface area (Å²) in [5.41, 5.74) is 4.30. The zero-order valence-corrected chi connectivity index (χ0v) is 20.2. The van der Waals surface area contributed by atoms with Gasteiger partial charge in [0.05, 0.1) is 11.5 Å². The fourth-order valence-corrected chi connectivity index (χ4v) is 6.89. The minimum absolute atomic E-state index is 0.0667. The molecule has 1 amide bonds. The van der Waals surface area contributed by atoms with Gasteiger partial charge in [0, 0.05) is 21.4 Å². The lowest BCUT2D eigenvalue weighted by atomic mass is 9.50. The average molecular weight is 476 g/mol. The third-order valence-electron chi connectivity index (χ3n) is 7.54. The fraction of sp³-hybridized carbons (Fsp3) is 0.357. The number of hydrogen-bond donors (Lipinski definition) is 3. The molecule has 0 bridgehead atoms. The number of thiophene rings is 1. The van der Waals surface area contributed by atoms with Crippen LogP contribution in [-0.2, 0) is 4.79 Å². The number of hydrogen-bond acceptors (Lipinski definition) is 4. The van der Waals surface area contributed by atoms with E-state index in [0.717, 1.165) is 39.3 Å². The van der Waals surface area contributed by atoms with Crippen molar-refractivity contribution < 1.29 is 19.8 Å². The molecule has 5 nitrogen and oxygen atoms in total. The second-order valence-electron chi connectivity index (χ2n) is 9.92. The minimum atomic E-state index is -0.883. The van der Waals surface area contributed by atoms with Crippen LogP contribution in [0, 0.1) is 25.2 Å². The number of carbonyl (C=O) groups is 2. The molecule has 0 radical (unpaired) electrons. The normalized spacial score (nSPS) is 24.2. The van der Waals surface area contributed by atoms with Gasteiger partial charge in [0.15, 0.2) is 0 Å². The fourth-order valence-electron chi connectivity index (χ4n) is 5.81.